The molecule has 94 valence electrons. The van der Waals surface area contributed by atoms with Crippen LogP contribution < -0.4 is 0 Å². The third-order valence-electron chi connectivity index (χ3n) is 2.22. The molecule has 0 rings (SSSR count). The lowest BCUT2D eigenvalue weighted by atomic mass is 9.97. The zero-order valence-electron chi connectivity index (χ0n) is 9.77. The van der Waals surface area contributed by atoms with Crippen molar-refractivity contribution >= 4 is 0 Å². The molecule has 0 unspecified atom stereocenters. The Morgan fingerprint density at radius 3 is 2.25 bits per heavy atom. The summed E-state index contributed by atoms with van der Waals surface area (Å²) >= 11 is 0. The van der Waals surface area contributed by atoms with Crippen molar-refractivity contribution in [1.82, 2.24) is 0 Å². The van der Waals surface area contributed by atoms with Crippen LogP contribution in [-0.4, -0.2) is 17.4 Å². The van der Waals surface area contributed by atoms with Gasteiger partial charge in [-0.05, 0) is 12.8 Å². The van der Waals surface area contributed by atoms with Gasteiger partial charge in [-0.2, -0.15) is 13.2 Å². The van der Waals surface area contributed by atoms with Crippen LogP contribution in [0.25, 0.3) is 0 Å². The Labute approximate surface area is 95.0 Å². The van der Waals surface area contributed by atoms with E-state index in [1.807, 2.05) is 13.8 Å². The van der Waals surface area contributed by atoms with E-state index in [4.69, 9.17) is 0 Å². The molecule has 0 aromatic heterocycles. The number of rotatable bonds is 5. The van der Waals surface area contributed by atoms with Gasteiger partial charge in [-0.1, -0.05) is 32.6 Å². The maximum absolute atomic E-state index is 12.6. The number of aliphatic hydroxyl groups excluding tert-OH is 1. The van der Waals surface area contributed by atoms with E-state index in [1.54, 1.807) is 0 Å². The van der Waals surface area contributed by atoms with E-state index in [1.165, 1.54) is 0 Å². The molecule has 0 radical (unpaired) electrons. The molecule has 0 aliphatic rings. The van der Waals surface area contributed by atoms with E-state index in [0.29, 0.717) is 12.8 Å². The van der Waals surface area contributed by atoms with Crippen LogP contribution in [0.5, 0.6) is 0 Å². The first kappa shape index (κ1) is 15.3. The van der Waals surface area contributed by atoms with Gasteiger partial charge in [0.25, 0.3) is 0 Å². The van der Waals surface area contributed by atoms with Crippen LogP contribution in [0.15, 0.2) is 0 Å². The summed E-state index contributed by atoms with van der Waals surface area (Å²) in [6, 6.07) is 0. The largest absolute Gasteiger partial charge is 0.404 e. The average Bonchev–Trinajstić information content (AvgIpc) is 2.19. The zero-order chi connectivity index (χ0) is 12.6. The van der Waals surface area contributed by atoms with Gasteiger partial charge in [0.2, 0.25) is 0 Å². The third kappa shape index (κ3) is 6.02. The van der Waals surface area contributed by atoms with Crippen LogP contribution in [0.2, 0.25) is 0 Å². The van der Waals surface area contributed by atoms with Crippen LogP contribution in [0, 0.1) is 17.8 Å². The highest BCUT2D eigenvalue weighted by molar-refractivity contribution is 5.08. The Kier molecular flexibility index (Phi) is 7.24. The fraction of sp³-hybridized carbons (Fsp3) is 0.833. The van der Waals surface area contributed by atoms with Crippen molar-refractivity contribution in [3.8, 4) is 11.8 Å². The second-order valence-corrected chi connectivity index (χ2v) is 3.80. The van der Waals surface area contributed by atoms with Gasteiger partial charge in [0.05, 0.1) is 6.10 Å². The standard InChI is InChI=1S/C12H19F3O/c1-3-5-7-8-10(12(13,14)15)11(16)9-6-4-2/h10-11,16H,3-6,9H2,1-2H3/t10-,11+/m1/s1. The van der Waals surface area contributed by atoms with Crippen molar-refractivity contribution < 1.29 is 18.3 Å². The summed E-state index contributed by atoms with van der Waals surface area (Å²) in [4.78, 5) is 0. The molecular formula is C12H19F3O. The van der Waals surface area contributed by atoms with Crippen molar-refractivity contribution in [1.29, 1.82) is 0 Å². The summed E-state index contributed by atoms with van der Waals surface area (Å²) in [7, 11) is 0. The average molecular weight is 236 g/mol. The second-order valence-electron chi connectivity index (χ2n) is 3.80. The number of hydrogen-bond acceptors (Lipinski definition) is 1. The van der Waals surface area contributed by atoms with Crippen molar-refractivity contribution in [3.63, 3.8) is 0 Å². The zero-order valence-corrected chi connectivity index (χ0v) is 9.77. The van der Waals surface area contributed by atoms with Gasteiger partial charge in [-0.25, -0.2) is 0 Å². The molecule has 1 N–H and O–H groups in total. The third-order valence-corrected chi connectivity index (χ3v) is 2.22. The molecule has 1 nitrogen and oxygen atoms in total. The first-order valence-corrected chi connectivity index (χ1v) is 5.66. The predicted molar refractivity (Wildman–Crippen MR) is 57.8 cm³/mol. The minimum atomic E-state index is -4.44. The predicted octanol–water partition coefficient (Wildman–Crippen LogP) is 3.52. The van der Waals surface area contributed by atoms with Gasteiger partial charge in [0, 0.05) is 6.42 Å². The van der Waals surface area contributed by atoms with E-state index in [-0.39, 0.29) is 6.42 Å². The molecule has 0 aromatic rings. The quantitative estimate of drug-likeness (QED) is 0.724. The van der Waals surface area contributed by atoms with Gasteiger partial charge in [0.15, 0.2) is 0 Å². The molecule has 2 atom stereocenters. The Bertz CT molecular complexity index is 237. The van der Waals surface area contributed by atoms with Gasteiger partial charge < -0.3 is 5.11 Å². The van der Waals surface area contributed by atoms with E-state index < -0.39 is 18.2 Å². The Morgan fingerprint density at radius 2 is 1.81 bits per heavy atom. The van der Waals surface area contributed by atoms with E-state index in [0.717, 1.165) is 12.8 Å². The summed E-state index contributed by atoms with van der Waals surface area (Å²) in [5, 5.41) is 9.45. The lowest BCUT2D eigenvalue weighted by molar-refractivity contribution is -0.182. The highest BCUT2D eigenvalue weighted by Crippen LogP contribution is 2.30. The van der Waals surface area contributed by atoms with Crippen molar-refractivity contribution in [2.24, 2.45) is 5.92 Å². The van der Waals surface area contributed by atoms with Gasteiger partial charge in [0.1, 0.15) is 5.92 Å². The topological polar surface area (TPSA) is 20.2 Å². The minimum Gasteiger partial charge on any atom is -0.391 e. The summed E-state index contributed by atoms with van der Waals surface area (Å²) < 4.78 is 37.7. The number of alkyl halides is 3. The van der Waals surface area contributed by atoms with Crippen LogP contribution >= 0.6 is 0 Å². The molecule has 0 bridgehead atoms. The second kappa shape index (κ2) is 7.56. The lowest BCUT2D eigenvalue weighted by Crippen LogP contribution is -2.33. The number of hydrogen-bond donors (Lipinski definition) is 1. The van der Waals surface area contributed by atoms with Gasteiger partial charge in [-0.3, -0.25) is 0 Å². The first-order valence-electron chi connectivity index (χ1n) is 5.66. The maximum Gasteiger partial charge on any atom is 0.404 e. The lowest BCUT2D eigenvalue weighted by Gasteiger charge is -2.20. The smallest absolute Gasteiger partial charge is 0.391 e. The Balaban J connectivity index is 4.50. The SMILES string of the molecule is CCCC#C[C@H]([C@@H](O)CCCC)C(F)(F)F. The molecule has 0 fully saturated rings. The summed E-state index contributed by atoms with van der Waals surface area (Å²) in [5.41, 5.74) is 0. The van der Waals surface area contributed by atoms with E-state index in [9.17, 15) is 18.3 Å². The summed E-state index contributed by atoms with van der Waals surface area (Å²) in [6.07, 6.45) is -3.16. The normalized spacial score (nSPS) is 15.1. The van der Waals surface area contributed by atoms with Gasteiger partial charge in [-0.15, -0.1) is 5.92 Å². The summed E-state index contributed by atoms with van der Waals surface area (Å²) in [5.74, 6) is 2.72. The number of unbranched alkanes of at least 4 members (excludes halogenated alkanes) is 2. The monoisotopic (exact) mass is 236 g/mol. The molecule has 0 aromatic carbocycles. The van der Waals surface area contributed by atoms with Crippen molar-refractivity contribution in [3.05, 3.63) is 0 Å². The fourth-order valence-corrected chi connectivity index (χ4v) is 1.28. The first-order chi connectivity index (χ1) is 7.43. The highest BCUT2D eigenvalue weighted by Gasteiger charge is 2.42. The molecule has 0 saturated carbocycles. The van der Waals surface area contributed by atoms with E-state index >= 15 is 0 Å². The van der Waals surface area contributed by atoms with Crippen molar-refractivity contribution in [2.45, 2.75) is 58.2 Å². The minimum absolute atomic E-state index is 0.154. The van der Waals surface area contributed by atoms with E-state index in [2.05, 4.69) is 11.8 Å². The van der Waals surface area contributed by atoms with Crippen LogP contribution in [0.3, 0.4) is 0 Å². The summed E-state index contributed by atoms with van der Waals surface area (Å²) in [6.45, 7) is 3.73. The fourth-order valence-electron chi connectivity index (χ4n) is 1.28. The number of halogens is 3. The molecule has 0 amide bonds. The molecule has 0 spiro atoms. The van der Waals surface area contributed by atoms with Gasteiger partial charge >= 0.3 is 6.18 Å². The molecule has 0 aliphatic heterocycles. The molecular weight excluding hydrogens is 217 g/mol. The molecule has 16 heavy (non-hydrogen) atoms. The maximum atomic E-state index is 12.6. The van der Waals surface area contributed by atoms with Crippen LogP contribution in [0.1, 0.15) is 46.0 Å². The molecule has 0 aliphatic carbocycles. The van der Waals surface area contributed by atoms with Crippen LogP contribution in [0.4, 0.5) is 13.2 Å². The number of aliphatic hydroxyl groups is 1. The Morgan fingerprint density at radius 1 is 1.19 bits per heavy atom. The van der Waals surface area contributed by atoms with Crippen LogP contribution in [-0.2, 0) is 0 Å². The van der Waals surface area contributed by atoms with Crippen molar-refractivity contribution in [2.75, 3.05) is 0 Å². The highest BCUT2D eigenvalue weighted by atomic mass is 19.4. The molecule has 4 heteroatoms. The Hall–Kier alpha value is -0.690. The molecule has 0 heterocycles. The molecule has 0 saturated heterocycles.